The summed E-state index contributed by atoms with van der Waals surface area (Å²) in [6, 6.07) is 5.98. The summed E-state index contributed by atoms with van der Waals surface area (Å²) in [6.45, 7) is 2.93. The summed E-state index contributed by atoms with van der Waals surface area (Å²) in [7, 11) is 0. The molecule has 0 aromatic heterocycles. The van der Waals surface area contributed by atoms with Gasteiger partial charge in [-0.2, -0.15) is 11.8 Å². The number of hydrogen-bond donors (Lipinski definition) is 2. The number of carbonyl (C=O) groups is 1. The number of benzene rings is 1. The summed E-state index contributed by atoms with van der Waals surface area (Å²) in [5.74, 6) is 2.02. The second-order valence-electron chi connectivity index (χ2n) is 4.03. The van der Waals surface area contributed by atoms with Gasteiger partial charge in [-0.1, -0.05) is 0 Å². The van der Waals surface area contributed by atoms with E-state index in [-0.39, 0.29) is 11.9 Å². The van der Waals surface area contributed by atoms with Crippen molar-refractivity contribution in [1.29, 1.82) is 0 Å². The average molecular weight is 362 g/mol. The van der Waals surface area contributed by atoms with Gasteiger partial charge < -0.3 is 10.6 Å². The van der Waals surface area contributed by atoms with Crippen LogP contribution in [0.1, 0.15) is 5.56 Å². The zero-order valence-corrected chi connectivity index (χ0v) is 12.6. The van der Waals surface area contributed by atoms with Gasteiger partial charge in [-0.15, -0.1) is 0 Å². The fourth-order valence-corrected chi connectivity index (χ4v) is 3.30. The second kappa shape index (κ2) is 6.06. The molecule has 2 N–H and O–H groups in total. The topological polar surface area (TPSA) is 41.1 Å². The highest BCUT2D eigenvalue weighted by molar-refractivity contribution is 14.1. The average Bonchev–Trinajstić information content (AvgIpc) is 2.34. The van der Waals surface area contributed by atoms with Crippen LogP contribution in [0.15, 0.2) is 18.2 Å². The fraction of sp³-hybridized carbons (Fsp3) is 0.417. The Morgan fingerprint density at radius 3 is 3.06 bits per heavy atom. The molecule has 5 heteroatoms. The highest BCUT2D eigenvalue weighted by Gasteiger charge is 2.21. The molecule has 3 nitrogen and oxygen atoms in total. The van der Waals surface area contributed by atoms with Crippen LogP contribution in [0.5, 0.6) is 0 Å². The number of halogens is 1. The summed E-state index contributed by atoms with van der Waals surface area (Å²) in [5.41, 5.74) is 2.02. The van der Waals surface area contributed by atoms with Gasteiger partial charge in [-0.25, -0.2) is 0 Å². The normalized spacial score (nSPS) is 20.0. The third-order valence-corrected chi connectivity index (χ3v) is 4.42. The number of thioether (sulfide) groups is 1. The van der Waals surface area contributed by atoms with Crippen molar-refractivity contribution in [3.8, 4) is 0 Å². The third-order valence-electron chi connectivity index (χ3n) is 2.68. The first-order valence-corrected chi connectivity index (χ1v) is 7.78. The first-order chi connectivity index (χ1) is 8.16. The van der Waals surface area contributed by atoms with Crippen molar-refractivity contribution < 1.29 is 4.79 Å². The van der Waals surface area contributed by atoms with E-state index in [4.69, 9.17) is 0 Å². The summed E-state index contributed by atoms with van der Waals surface area (Å²) in [4.78, 5) is 12.0. The predicted molar refractivity (Wildman–Crippen MR) is 81.6 cm³/mol. The maximum atomic E-state index is 12.0. The molecule has 1 aromatic carbocycles. The lowest BCUT2D eigenvalue weighted by molar-refractivity contribution is -0.117. The van der Waals surface area contributed by atoms with Gasteiger partial charge in [-0.05, 0) is 53.3 Å². The van der Waals surface area contributed by atoms with Crippen LogP contribution in [0.3, 0.4) is 0 Å². The zero-order valence-electron chi connectivity index (χ0n) is 9.63. The van der Waals surface area contributed by atoms with Crippen molar-refractivity contribution >= 4 is 45.9 Å². The molecule has 2 rings (SSSR count). The van der Waals surface area contributed by atoms with Crippen molar-refractivity contribution in [3.63, 3.8) is 0 Å². The summed E-state index contributed by atoms with van der Waals surface area (Å²) < 4.78 is 1.18. The minimum Gasteiger partial charge on any atom is -0.324 e. The Balaban J connectivity index is 2.02. The lowest BCUT2D eigenvalue weighted by atomic mass is 10.2. The van der Waals surface area contributed by atoms with E-state index in [0.717, 1.165) is 29.3 Å². The van der Waals surface area contributed by atoms with Gasteiger partial charge in [0.25, 0.3) is 0 Å². The fourth-order valence-electron chi connectivity index (χ4n) is 1.72. The molecule has 1 aliphatic heterocycles. The van der Waals surface area contributed by atoms with Gasteiger partial charge in [0.05, 0.1) is 6.04 Å². The molecular weight excluding hydrogens is 347 g/mol. The minimum atomic E-state index is -0.0626. The zero-order chi connectivity index (χ0) is 12.3. The Kier molecular flexibility index (Phi) is 4.69. The van der Waals surface area contributed by atoms with Crippen LogP contribution in [0, 0.1) is 10.5 Å². The molecule has 0 saturated carbocycles. The first-order valence-electron chi connectivity index (χ1n) is 5.55. The Hall–Kier alpha value is -0.270. The molecule has 0 bridgehead atoms. The van der Waals surface area contributed by atoms with Crippen molar-refractivity contribution in [2.24, 2.45) is 0 Å². The molecule has 0 radical (unpaired) electrons. The predicted octanol–water partition coefficient (Wildman–Crippen LogP) is 2.24. The van der Waals surface area contributed by atoms with E-state index in [1.165, 1.54) is 3.57 Å². The molecule has 17 heavy (non-hydrogen) atoms. The Morgan fingerprint density at radius 2 is 2.41 bits per heavy atom. The van der Waals surface area contributed by atoms with Crippen LogP contribution < -0.4 is 10.6 Å². The molecule has 1 fully saturated rings. The number of rotatable bonds is 2. The molecule has 0 spiro atoms. The molecular formula is C12H15IN2OS. The number of anilines is 1. The molecule has 0 aliphatic carbocycles. The van der Waals surface area contributed by atoms with Crippen molar-refractivity contribution in [3.05, 3.63) is 27.3 Å². The molecule has 1 atom stereocenters. The number of hydrogen-bond acceptors (Lipinski definition) is 3. The van der Waals surface area contributed by atoms with Gasteiger partial charge in [0.15, 0.2) is 0 Å². The monoisotopic (exact) mass is 362 g/mol. The SMILES string of the molecule is Cc1cc(I)ccc1NC(=O)C1CSCCN1. The smallest absolute Gasteiger partial charge is 0.242 e. The number of amides is 1. The van der Waals surface area contributed by atoms with Gasteiger partial charge in [0, 0.05) is 27.3 Å². The summed E-state index contributed by atoms with van der Waals surface area (Å²) in [6.07, 6.45) is 0. The van der Waals surface area contributed by atoms with Gasteiger partial charge in [0.2, 0.25) is 5.91 Å². The number of nitrogens with one attached hydrogen (secondary N) is 2. The van der Waals surface area contributed by atoms with Gasteiger partial charge >= 0.3 is 0 Å². The largest absolute Gasteiger partial charge is 0.324 e. The molecule has 1 aromatic rings. The van der Waals surface area contributed by atoms with Crippen LogP contribution in [-0.4, -0.2) is 30.0 Å². The molecule has 1 amide bonds. The maximum Gasteiger partial charge on any atom is 0.242 e. The lowest BCUT2D eigenvalue weighted by Crippen LogP contribution is -2.46. The number of carbonyl (C=O) groups excluding carboxylic acids is 1. The standard InChI is InChI=1S/C12H15IN2OS/c1-8-6-9(13)2-3-10(8)15-12(16)11-7-17-5-4-14-11/h2-3,6,11,14H,4-5,7H2,1H3,(H,15,16). The number of aryl methyl sites for hydroxylation is 1. The molecule has 1 saturated heterocycles. The highest BCUT2D eigenvalue weighted by atomic mass is 127. The van der Waals surface area contributed by atoms with Crippen LogP contribution in [0.4, 0.5) is 5.69 Å². The third kappa shape index (κ3) is 3.59. The van der Waals surface area contributed by atoms with E-state index >= 15 is 0 Å². The quantitative estimate of drug-likeness (QED) is 0.793. The second-order valence-corrected chi connectivity index (χ2v) is 6.43. The highest BCUT2D eigenvalue weighted by Crippen LogP contribution is 2.18. The molecule has 1 unspecified atom stereocenters. The maximum absolute atomic E-state index is 12.0. The van der Waals surface area contributed by atoms with Crippen molar-refractivity contribution in [2.45, 2.75) is 13.0 Å². The molecule has 92 valence electrons. The van der Waals surface area contributed by atoms with E-state index in [0.29, 0.717) is 0 Å². The van der Waals surface area contributed by atoms with Gasteiger partial charge in [0.1, 0.15) is 0 Å². The molecule has 1 aliphatic rings. The molecule has 1 heterocycles. The van der Waals surface area contributed by atoms with Gasteiger partial charge in [-0.3, -0.25) is 4.79 Å². The Morgan fingerprint density at radius 1 is 1.59 bits per heavy atom. The minimum absolute atomic E-state index is 0.0626. The van der Waals surface area contributed by atoms with Crippen LogP contribution in [0.2, 0.25) is 0 Å². The van der Waals surface area contributed by atoms with Crippen LogP contribution in [-0.2, 0) is 4.79 Å². The van der Waals surface area contributed by atoms with Crippen molar-refractivity contribution in [2.75, 3.05) is 23.4 Å². The van der Waals surface area contributed by atoms with Crippen LogP contribution in [0.25, 0.3) is 0 Å². The van der Waals surface area contributed by atoms with E-state index in [9.17, 15) is 4.79 Å². The van der Waals surface area contributed by atoms with E-state index in [1.54, 1.807) is 0 Å². The van der Waals surface area contributed by atoms with E-state index in [1.807, 2.05) is 30.8 Å². The van der Waals surface area contributed by atoms with E-state index < -0.39 is 0 Å². The van der Waals surface area contributed by atoms with Crippen molar-refractivity contribution in [1.82, 2.24) is 5.32 Å². The Labute approximate surface area is 119 Å². The Bertz CT molecular complexity index is 419. The van der Waals surface area contributed by atoms with E-state index in [2.05, 4.69) is 39.3 Å². The van der Waals surface area contributed by atoms with Crippen LogP contribution >= 0.6 is 34.4 Å². The summed E-state index contributed by atoms with van der Waals surface area (Å²) in [5, 5.41) is 6.22. The lowest BCUT2D eigenvalue weighted by Gasteiger charge is -2.22. The summed E-state index contributed by atoms with van der Waals surface area (Å²) >= 11 is 4.09. The first kappa shape index (κ1) is 13.2.